The van der Waals surface area contributed by atoms with Crippen LogP contribution in [0.1, 0.15) is 23.6 Å². The number of carbonyl (C=O) groups is 3. The summed E-state index contributed by atoms with van der Waals surface area (Å²) in [4.78, 5) is 39.9. The number of benzene rings is 4. The van der Waals surface area contributed by atoms with Crippen LogP contribution in [0.4, 0.5) is 10.5 Å². The highest BCUT2D eigenvalue weighted by Crippen LogP contribution is 2.38. The molecule has 8 nitrogen and oxygen atoms in total. The van der Waals surface area contributed by atoms with E-state index < -0.39 is 17.8 Å². The van der Waals surface area contributed by atoms with E-state index in [9.17, 15) is 14.4 Å². The number of hydrogen-bond donors (Lipinski definition) is 1. The number of nitrogens with one attached hydrogen (secondary N) is 1. The van der Waals surface area contributed by atoms with Gasteiger partial charge >= 0.3 is 6.03 Å². The van der Waals surface area contributed by atoms with E-state index in [0.29, 0.717) is 49.0 Å². The highest BCUT2D eigenvalue weighted by atomic mass is 79.9. The summed E-state index contributed by atoms with van der Waals surface area (Å²) < 4.78 is 18.2. The fourth-order valence-corrected chi connectivity index (χ4v) is 5.66. The minimum Gasteiger partial charge on any atom is -0.490 e. The summed E-state index contributed by atoms with van der Waals surface area (Å²) in [6.07, 6.45) is 1.39. The Morgan fingerprint density at radius 3 is 2.31 bits per heavy atom. The lowest BCUT2D eigenvalue weighted by Gasteiger charge is -2.26. The van der Waals surface area contributed by atoms with Gasteiger partial charge in [-0.3, -0.25) is 14.9 Å². The number of carbonyl (C=O) groups excluding carboxylic acids is 3. The van der Waals surface area contributed by atoms with Crippen LogP contribution < -0.4 is 24.4 Å². The van der Waals surface area contributed by atoms with Crippen molar-refractivity contribution >= 4 is 80.3 Å². The number of nitrogens with zero attached hydrogens (tertiary/aromatic N) is 1. The Labute approximate surface area is 282 Å². The second-order valence-electron chi connectivity index (χ2n) is 9.66. The van der Waals surface area contributed by atoms with Crippen molar-refractivity contribution in [3.05, 3.63) is 121 Å². The van der Waals surface area contributed by atoms with Gasteiger partial charge in [0.1, 0.15) is 24.5 Å². The Bertz CT molecular complexity index is 1810. The van der Waals surface area contributed by atoms with Crippen molar-refractivity contribution in [2.75, 3.05) is 11.5 Å². The molecule has 0 radical (unpaired) electrons. The zero-order chi connectivity index (χ0) is 32.1. The molecule has 4 aromatic rings. The molecule has 45 heavy (non-hydrogen) atoms. The standard InChI is InChI=1S/C33H24BrCl3N2O6/c1-2-43-29-15-20(14-27(34)30(29)45-17-19-4-3-5-22(35)12-19)13-26-31(40)38-33(42)39(32(26)41)24-8-10-25(11-9-24)44-18-21-6-7-23(36)16-28(21)37/h3-16H,2,17-18H2,1H3,(H,38,40,42)/b26-13+. The van der Waals surface area contributed by atoms with E-state index in [-0.39, 0.29) is 24.5 Å². The van der Waals surface area contributed by atoms with Gasteiger partial charge in [0.2, 0.25) is 0 Å². The quantitative estimate of drug-likeness (QED) is 0.130. The van der Waals surface area contributed by atoms with Crippen molar-refractivity contribution in [3.8, 4) is 17.2 Å². The molecule has 0 atom stereocenters. The van der Waals surface area contributed by atoms with Gasteiger partial charge in [0.25, 0.3) is 11.8 Å². The van der Waals surface area contributed by atoms with Gasteiger partial charge in [-0.25, -0.2) is 9.69 Å². The number of rotatable bonds is 10. The topological polar surface area (TPSA) is 94.2 Å². The molecule has 4 amide bonds. The molecule has 4 aromatic carbocycles. The summed E-state index contributed by atoms with van der Waals surface area (Å²) in [6.45, 7) is 2.58. The first-order valence-corrected chi connectivity index (χ1v) is 15.5. The van der Waals surface area contributed by atoms with E-state index in [0.717, 1.165) is 16.0 Å². The van der Waals surface area contributed by atoms with Gasteiger partial charge in [-0.15, -0.1) is 0 Å². The van der Waals surface area contributed by atoms with Gasteiger partial charge < -0.3 is 14.2 Å². The van der Waals surface area contributed by atoms with Crippen LogP contribution in [0.5, 0.6) is 17.2 Å². The molecule has 1 N–H and O–H groups in total. The number of imide groups is 2. The molecule has 0 aliphatic carbocycles. The van der Waals surface area contributed by atoms with Crippen LogP contribution in [-0.2, 0) is 22.8 Å². The van der Waals surface area contributed by atoms with E-state index >= 15 is 0 Å². The molecule has 1 aliphatic rings. The van der Waals surface area contributed by atoms with E-state index in [2.05, 4.69) is 21.2 Å². The van der Waals surface area contributed by atoms with Crippen LogP contribution in [0, 0.1) is 0 Å². The number of halogens is 4. The molecule has 1 saturated heterocycles. The van der Waals surface area contributed by atoms with Crippen LogP contribution in [0.3, 0.4) is 0 Å². The Morgan fingerprint density at radius 1 is 0.844 bits per heavy atom. The third kappa shape index (κ3) is 7.80. The third-order valence-electron chi connectivity index (χ3n) is 6.52. The van der Waals surface area contributed by atoms with Gasteiger partial charge in [0.15, 0.2) is 11.5 Å². The molecular formula is C33H24BrCl3N2O6. The van der Waals surface area contributed by atoms with E-state index in [1.165, 1.54) is 6.08 Å². The van der Waals surface area contributed by atoms with Crippen molar-refractivity contribution in [1.82, 2.24) is 5.32 Å². The van der Waals surface area contributed by atoms with Crippen molar-refractivity contribution < 1.29 is 28.6 Å². The number of hydrogen-bond acceptors (Lipinski definition) is 6. The Morgan fingerprint density at radius 2 is 1.60 bits per heavy atom. The van der Waals surface area contributed by atoms with E-state index in [4.69, 9.17) is 49.0 Å². The average molecular weight is 731 g/mol. The van der Waals surface area contributed by atoms with Gasteiger partial charge in [-0.2, -0.15) is 0 Å². The zero-order valence-corrected chi connectivity index (χ0v) is 27.5. The maximum Gasteiger partial charge on any atom is 0.335 e. The second kappa shape index (κ2) is 14.4. The molecule has 1 aliphatic heterocycles. The van der Waals surface area contributed by atoms with Crippen molar-refractivity contribution in [3.63, 3.8) is 0 Å². The summed E-state index contributed by atoms with van der Waals surface area (Å²) in [5.41, 5.74) is 2.08. The fraction of sp³-hybridized carbons (Fsp3) is 0.121. The van der Waals surface area contributed by atoms with Crippen LogP contribution >= 0.6 is 50.7 Å². The summed E-state index contributed by atoms with van der Waals surface area (Å²) in [5.74, 6) is -0.298. The molecule has 12 heteroatoms. The first-order chi connectivity index (χ1) is 21.6. The molecule has 0 saturated carbocycles. The minimum absolute atomic E-state index is 0.184. The Balaban J connectivity index is 1.35. The second-order valence-corrected chi connectivity index (χ2v) is 11.8. The number of amides is 4. The van der Waals surface area contributed by atoms with Gasteiger partial charge in [-0.1, -0.05) is 53.0 Å². The molecular weight excluding hydrogens is 707 g/mol. The minimum atomic E-state index is -0.871. The number of barbiturate groups is 1. The Hall–Kier alpha value is -4.02. The van der Waals surface area contributed by atoms with Crippen molar-refractivity contribution in [1.29, 1.82) is 0 Å². The van der Waals surface area contributed by atoms with E-state index in [1.807, 2.05) is 19.1 Å². The molecule has 0 bridgehead atoms. The Kier molecular flexibility index (Phi) is 10.4. The molecule has 230 valence electrons. The number of urea groups is 1. The van der Waals surface area contributed by atoms with Crippen LogP contribution in [-0.4, -0.2) is 24.5 Å². The lowest BCUT2D eigenvalue weighted by atomic mass is 10.1. The highest BCUT2D eigenvalue weighted by molar-refractivity contribution is 9.10. The maximum atomic E-state index is 13.5. The lowest BCUT2D eigenvalue weighted by Crippen LogP contribution is -2.54. The maximum absolute atomic E-state index is 13.5. The first kappa shape index (κ1) is 32.4. The predicted octanol–water partition coefficient (Wildman–Crippen LogP) is 8.63. The van der Waals surface area contributed by atoms with Gasteiger partial charge in [-0.05, 0) is 101 Å². The van der Waals surface area contributed by atoms with E-state index in [1.54, 1.807) is 66.7 Å². The monoisotopic (exact) mass is 728 g/mol. The smallest absolute Gasteiger partial charge is 0.335 e. The van der Waals surface area contributed by atoms with Crippen molar-refractivity contribution in [2.24, 2.45) is 0 Å². The van der Waals surface area contributed by atoms with Crippen LogP contribution in [0.25, 0.3) is 6.08 Å². The molecule has 5 rings (SSSR count). The molecule has 1 fully saturated rings. The number of ether oxygens (including phenoxy) is 3. The number of anilines is 1. The van der Waals surface area contributed by atoms with Crippen molar-refractivity contribution in [2.45, 2.75) is 20.1 Å². The molecule has 0 aromatic heterocycles. The lowest BCUT2D eigenvalue weighted by molar-refractivity contribution is -0.122. The molecule has 1 heterocycles. The third-order valence-corrected chi connectivity index (χ3v) is 7.93. The normalized spacial score (nSPS) is 14.0. The SMILES string of the molecule is CCOc1cc(/C=C2\C(=O)NC(=O)N(c3ccc(OCc4ccc(Cl)cc4Cl)cc3)C2=O)cc(Br)c1OCc1cccc(Cl)c1. The summed E-state index contributed by atoms with van der Waals surface area (Å²) in [7, 11) is 0. The summed E-state index contributed by atoms with van der Waals surface area (Å²) >= 11 is 21.8. The highest BCUT2D eigenvalue weighted by Gasteiger charge is 2.37. The van der Waals surface area contributed by atoms with Crippen LogP contribution in [0.15, 0.2) is 88.9 Å². The summed E-state index contributed by atoms with van der Waals surface area (Å²) in [5, 5.41) is 3.81. The summed E-state index contributed by atoms with van der Waals surface area (Å²) in [6, 6.07) is 21.1. The fourth-order valence-electron chi connectivity index (χ4n) is 4.41. The van der Waals surface area contributed by atoms with Crippen LogP contribution in [0.2, 0.25) is 15.1 Å². The molecule has 0 unspecified atom stereocenters. The predicted molar refractivity (Wildman–Crippen MR) is 177 cm³/mol. The average Bonchev–Trinajstić information content (AvgIpc) is 2.99. The largest absolute Gasteiger partial charge is 0.490 e. The first-order valence-electron chi connectivity index (χ1n) is 13.5. The van der Waals surface area contributed by atoms with Gasteiger partial charge in [0.05, 0.1) is 16.8 Å². The zero-order valence-electron chi connectivity index (χ0n) is 23.6. The molecule has 0 spiro atoms. The van der Waals surface area contributed by atoms with Gasteiger partial charge in [0, 0.05) is 20.6 Å².